The molecule has 80 valence electrons. The smallest absolute Gasteiger partial charge is 0.192 e. The van der Waals surface area contributed by atoms with Crippen molar-refractivity contribution in [2.24, 2.45) is 5.73 Å². The molecular formula is C11H13ClN2O. The zero-order valence-electron chi connectivity index (χ0n) is 8.59. The second-order valence-corrected chi connectivity index (χ2v) is 3.96. The van der Waals surface area contributed by atoms with Crippen LogP contribution in [0.15, 0.2) is 16.5 Å². The SMILES string of the molecule is Cc1nc2cc(CCCN)cc(Cl)c2o1. The summed E-state index contributed by atoms with van der Waals surface area (Å²) in [6.07, 6.45) is 1.89. The lowest BCUT2D eigenvalue weighted by atomic mass is 10.1. The molecule has 0 unspecified atom stereocenters. The van der Waals surface area contributed by atoms with E-state index in [1.807, 2.05) is 19.1 Å². The first-order valence-corrected chi connectivity index (χ1v) is 5.34. The maximum absolute atomic E-state index is 6.09. The molecule has 0 aliphatic rings. The van der Waals surface area contributed by atoms with Gasteiger partial charge < -0.3 is 10.2 Å². The second-order valence-electron chi connectivity index (χ2n) is 3.55. The Morgan fingerprint density at radius 3 is 3.00 bits per heavy atom. The van der Waals surface area contributed by atoms with Gasteiger partial charge in [0.1, 0.15) is 5.52 Å². The quantitative estimate of drug-likeness (QED) is 0.872. The van der Waals surface area contributed by atoms with Crippen LogP contribution in [0.2, 0.25) is 5.02 Å². The maximum atomic E-state index is 6.09. The van der Waals surface area contributed by atoms with Crippen molar-refractivity contribution in [1.82, 2.24) is 4.98 Å². The van der Waals surface area contributed by atoms with E-state index < -0.39 is 0 Å². The molecule has 0 aliphatic carbocycles. The van der Waals surface area contributed by atoms with E-state index in [0.29, 0.717) is 23.0 Å². The van der Waals surface area contributed by atoms with Gasteiger partial charge >= 0.3 is 0 Å². The molecule has 0 spiro atoms. The summed E-state index contributed by atoms with van der Waals surface area (Å²) in [6.45, 7) is 2.50. The van der Waals surface area contributed by atoms with Gasteiger partial charge in [-0.1, -0.05) is 11.6 Å². The molecule has 4 heteroatoms. The van der Waals surface area contributed by atoms with Crippen LogP contribution in [0.25, 0.3) is 11.1 Å². The van der Waals surface area contributed by atoms with Crippen molar-refractivity contribution in [2.45, 2.75) is 19.8 Å². The predicted molar refractivity (Wildman–Crippen MR) is 61.1 cm³/mol. The first-order chi connectivity index (χ1) is 7.20. The highest BCUT2D eigenvalue weighted by Crippen LogP contribution is 2.26. The van der Waals surface area contributed by atoms with E-state index in [0.717, 1.165) is 23.9 Å². The van der Waals surface area contributed by atoms with Crippen LogP contribution >= 0.6 is 11.6 Å². The minimum atomic E-state index is 0.625. The minimum absolute atomic E-state index is 0.625. The zero-order chi connectivity index (χ0) is 10.8. The van der Waals surface area contributed by atoms with Gasteiger partial charge in [-0.2, -0.15) is 0 Å². The lowest BCUT2D eigenvalue weighted by Gasteiger charge is -2.00. The van der Waals surface area contributed by atoms with Gasteiger partial charge in [0, 0.05) is 6.92 Å². The van der Waals surface area contributed by atoms with Crippen molar-refractivity contribution in [2.75, 3.05) is 6.54 Å². The van der Waals surface area contributed by atoms with Crippen molar-refractivity contribution in [1.29, 1.82) is 0 Å². The second kappa shape index (κ2) is 4.21. The standard InChI is InChI=1S/C11H13ClN2O/c1-7-14-10-6-8(3-2-4-13)5-9(12)11(10)15-7/h5-6H,2-4,13H2,1H3. The van der Waals surface area contributed by atoms with Gasteiger partial charge in [0.25, 0.3) is 0 Å². The molecule has 2 rings (SSSR count). The van der Waals surface area contributed by atoms with Crippen LogP contribution in [-0.4, -0.2) is 11.5 Å². The number of aromatic nitrogens is 1. The van der Waals surface area contributed by atoms with E-state index in [-0.39, 0.29) is 0 Å². The third-order valence-electron chi connectivity index (χ3n) is 2.28. The number of halogens is 1. The van der Waals surface area contributed by atoms with Crippen molar-refractivity contribution >= 4 is 22.7 Å². The number of nitrogens with zero attached hydrogens (tertiary/aromatic N) is 1. The molecule has 0 atom stereocenters. The van der Waals surface area contributed by atoms with Gasteiger partial charge in [-0.25, -0.2) is 4.98 Å². The Hall–Kier alpha value is -1.06. The van der Waals surface area contributed by atoms with Crippen LogP contribution in [0.5, 0.6) is 0 Å². The maximum Gasteiger partial charge on any atom is 0.192 e. The van der Waals surface area contributed by atoms with Gasteiger partial charge in [0.05, 0.1) is 5.02 Å². The van der Waals surface area contributed by atoms with Gasteiger partial charge in [-0.05, 0) is 37.1 Å². The summed E-state index contributed by atoms with van der Waals surface area (Å²) in [5.41, 5.74) is 8.12. The molecule has 0 aliphatic heterocycles. The number of rotatable bonds is 3. The van der Waals surface area contributed by atoms with Gasteiger partial charge in [-0.3, -0.25) is 0 Å². The average molecular weight is 225 g/mol. The van der Waals surface area contributed by atoms with Crippen LogP contribution < -0.4 is 5.73 Å². The fourth-order valence-corrected chi connectivity index (χ4v) is 1.88. The highest BCUT2D eigenvalue weighted by molar-refractivity contribution is 6.34. The van der Waals surface area contributed by atoms with Crippen molar-refractivity contribution < 1.29 is 4.42 Å². The Labute approximate surface area is 93.2 Å². The Kier molecular flexibility index (Phi) is 2.93. The van der Waals surface area contributed by atoms with Crippen LogP contribution in [0.4, 0.5) is 0 Å². The lowest BCUT2D eigenvalue weighted by Crippen LogP contribution is -2.00. The first kappa shape index (κ1) is 10.5. The molecule has 0 amide bonds. The molecule has 2 N–H and O–H groups in total. The molecule has 15 heavy (non-hydrogen) atoms. The number of hydrogen-bond acceptors (Lipinski definition) is 3. The van der Waals surface area contributed by atoms with Crippen molar-refractivity contribution in [3.63, 3.8) is 0 Å². The van der Waals surface area contributed by atoms with Gasteiger partial charge in [0.2, 0.25) is 0 Å². The summed E-state index contributed by atoms with van der Waals surface area (Å²) >= 11 is 6.09. The molecule has 1 aromatic heterocycles. The lowest BCUT2D eigenvalue weighted by molar-refractivity contribution is 0.561. The van der Waals surface area contributed by atoms with Gasteiger partial charge in [0.15, 0.2) is 11.5 Å². The summed E-state index contributed by atoms with van der Waals surface area (Å²) in [7, 11) is 0. The molecule has 2 aromatic rings. The number of nitrogens with two attached hydrogens (primary N) is 1. The average Bonchev–Trinajstić information content (AvgIpc) is 2.56. The Balaban J connectivity index is 2.42. The number of benzene rings is 1. The van der Waals surface area contributed by atoms with Gasteiger partial charge in [-0.15, -0.1) is 0 Å². The van der Waals surface area contributed by atoms with Crippen LogP contribution in [0, 0.1) is 6.92 Å². The highest BCUT2D eigenvalue weighted by atomic mass is 35.5. The predicted octanol–water partition coefficient (Wildman–Crippen LogP) is 2.68. The molecule has 0 saturated heterocycles. The summed E-state index contributed by atoms with van der Waals surface area (Å²) in [5.74, 6) is 0.642. The largest absolute Gasteiger partial charge is 0.439 e. The highest BCUT2D eigenvalue weighted by Gasteiger charge is 2.08. The first-order valence-electron chi connectivity index (χ1n) is 4.96. The molecule has 1 aromatic carbocycles. The number of fused-ring (bicyclic) bond motifs is 1. The summed E-state index contributed by atoms with van der Waals surface area (Å²) in [6, 6.07) is 3.93. The van der Waals surface area contributed by atoms with E-state index in [1.165, 1.54) is 0 Å². The number of oxazole rings is 1. The van der Waals surface area contributed by atoms with E-state index in [4.69, 9.17) is 21.8 Å². The van der Waals surface area contributed by atoms with Crippen LogP contribution in [0.1, 0.15) is 17.9 Å². The summed E-state index contributed by atoms with van der Waals surface area (Å²) < 4.78 is 5.39. The van der Waals surface area contributed by atoms with E-state index >= 15 is 0 Å². The fourth-order valence-electron chi connectivity index (χ4n) is 1.61. The van der Waals surface area contributed by atoms with E-state index in [1.54, 1.807) is 0 Å². The number of aryl methyl sites for hydroxylation is 2. The monoisotopic (exact) mass is 224 g/mol. The molecule has 1 heterocycles. The molecule has 0 radical (unpaired) electrons. The Morgan fingerprint density at radius 2 is 2.27 bits per heavy atom. The molecule has 0 fully saturated rings. The topological polar surface area (TPSA) is 52.0 Å². The normalized spacial score (nSPS) is 11.1. The summed E-state index contributed by atoms with van der Waals surface area (Å²) in [5, 5.41) is 0.625. The third-order valence-corrected chi connectivity index (χ3v) is 2.56. The summed E-state index contributed by atoms with van der Waals surface area (Å²) in [4.78, 5) is 4.26. The molecule has 0 bridgehead atoms. The molecule has 3 nitrogen and oxygen atoms in total. The van der Waals surface area contributed by atoms with Crippen molar-refractivity contribution in [3.05, 3.63) is 28.6 Å². The third kappa shape index (κ3) is 2.13. The minimum Gasteiger partial charge on any atom is -0.439 e. The van der Waals surface area contributed by atoms with Crippen LogP contribution in [-0.2, 0) is 6.42 Å². The van der Waals surface area contributed by atoms with Crippen LogP contribution in [0.3, 0.4) is 0 Å². The van der Waals surface area contributed by atoms with Crippen molar-refractivity contribution in [3.8, 4) is 0 Å². The number of hydrogen-bond donors (Lipinski definition) is 1. The molecular weight excluding hydrogens is 212 g/mol. The van der Waals surface area contributed by atoms with E-state index in [2.05, 4.69) is 4.98 Å². The molecule has 0 saturated carbocycles. The Morgan fingerprint density at radius 1 is 1.47 bits per heavy atom. The zero-order valence-corrected chi connectivity index (χ0v) is 9.34. The van der Waals surface area contributed by atoms with E-state index in [9.17, 15) is 0 Å². The Bertz CT molecular complexity index is 479. The fraction of sp³-hybridized carbons (Fsp3) is 0.364.